The number of halogens is 1. The third-order valence-corrected chi connectivity index (χ3v) is 5.51. The molecule has 7 heteroatoms. The van der Waals surface area contributed by atoms with Gasteiger partial charge in [0.2, 0.25) is 5.91 Å². The highest BCUT2D eigenvalue weighted by Gasteiger charge is 2.21. The highest BCUT2D eigenvalue weighted by atomic mass is 127. The van der Waals surface area contributed by atoms with Gasteiger partial charge in [-0.15, -0.1) is 24.0 Å². The first-order chi connectivity index (χ1) is 13.2. The summed E-state index contributed by atoms with van der Waals surface area (Å²) >= 11 is 0. The van der Waals surface area contributed by atoms with Gasteiger partial charge in [0.05, 0.1) is 6.54 Å². The number of nitrogens with zero attached hydrogens (tertiary/aromatic N) is 3. The molecular weight excluding hydrogens is 465 g/mol. The number of benzene rings is 1. The molecule has 2 fully saturated rings. The van der Waals surface area contributed by atoms with E-state index in [0.29, 0.717) is 12.6 Å². The van der Waals surface area contributed by atoms with Gasteiger partial charge in [0, 0.05) is 45.8 Å². The molecular formula is C21H34IN5O. The molecule has 28 heavy (non-hydrogen) atoms. The quantitative estimate of drug-likeness (QED) is 0.372. The van der Waals surface area contributed by atoms with E-state index in [4.69, 9.17) is 0 Å². The molecule has 1 saturated carbocycles. The second-order valence-corrected chi connectivity index (χ2v) is 7.55. The third-order valence-electron chi connectivity index (χ3n) is 5.51. The topological polar surface area (TPSA) is 60.0 Å². The van der Waals surface area contributed by atoms with Gasteiger partial charge in [-0.1, -0.05) is 49.6 Å². The molecule has 3 rings (SSSR count). The third kappa shape index (κ3) is 7.24. The summed E-state index contributed by atoms with van der Waals surface area (Å²) in [6, 6.07) is 11.0. The van der Waals surface area contributed by atoms with Crippen molar-refractivity contribution >= 4 is 35.8 Å². The largest absolute Gasteiger partial charge is 0.352 e. The van der Waals surface area contributed by atoms with Gasteiger partial charge in [-0.05, 0) is 18.4 Å². The van der Waals surface area contributed by atoms with Gasteiger partial charge in [0.15, 0.2) is 5.96 Å². The lowest BCUT2D eigenvalue weighted by Crippen LogP contribution is -2.53. The van der Waals surface area contributed by atoms with Gasteiger partial charge in [-0.3, -0.25) is 14.7 Å². The molecule has 2 aliphatic rings. The number of rotatable bonds is 5. The van der Waals surface area contributed by atoms with Crippen LogP contribution in [0.25, 0.3) is 0 Å². The van der Waals surface area contributed by atoms with Gasteiger partial charge < -0.3 is 15.5 Å². The maximum atomic E-state index is 12.2. The molecule has 1 aliphatic carbocycles. The second-order valence-electron chi connectivity index (χ2n) is 7.55. The number of guanidine groups is 1. The lowest BCUT2D eigenvalue weighted by atomic mass is 9.95. The van der Waals surface area contributed by atoms with Crippen molar-refractivity contribution in [3.05, 3.63) is 35.9 Å². The van der Waals surface area contributed by atoms with Gasteiger partial charge in [0.25, 0.3) is 0 Å². The molecule has 1 heterocycles. The van der Waals surface area contributed by atoms with E-state index < -0.39 is 0 Å². The average Bonchev–Trinajstić information content (AvgIpc) is 2.71. The van der Waals surface area contributed by atoms with Crippen LogP contribution in [0.15, 0.2) is 35.3 Å². The molecule has 0 unspecified atom stereocenters. The van der Waals surface area contributed by atoms with E-state index >= 15 is 0 Å². The van der Waals surface area contributed by atoms with Crippen LogP contribution in [0.5, 0.6) is 0 Å². The highest BCUT2D eigenvalue weighted by Crippen LogP contribution is 2.17. The van der Waals surface area contributed by atoms with Crippen LogP contribution in [0.3, 0.4) is 0 Å². The Hall–Kier alpha value is -1.35. The van der Waals surface area contributed by atoms with Crippen molar-refractivity contribution in [3.63, 3.8) is 0 Å². The summed E-state index contributed by atoms with van der Waals surface area (Å²) in [6.07, 6.45) is 5.99. The molecule has 1 aliphatic heterocycles. The summed E-state index contributed by atoms with van der Waals surface area (Å²) in [4.78, 5) is 21.3. The fourth-order valence-electron chi connectivity index (χ4n) is 3.98. The SMILES string of the molecule is CN=C(NCC(=O)NC1CCCCC1)N1CCN(Cc2ccccc2)CC1.I. The van der Waals surface area contributed by atoms with Gasteiger partial charge >= 0.3 is 0 Å². The number of nitrogens with one attached hydrogen (secondary N) is 2. The highest BCUT2D eigenvalue weighted by molar-refractivity contribution is 14.0. The van der Waals surface area contributed by atoms with E-state index in [0.717, 1.165) is 51.5 Å². The van der Waals surface area contributed by atoms with E-state index in [2.05, 4.69) is 55.8 Å². The lowest BCUT2D eigenvalue weighted by molar-refractivity contribution is -0.120. The van der Waals surface area contributed by atoms with E-state index in [1.54, 1.807) is 7.05 Å². The fraction of sp³-hybridized carbons (Fsp3) is 0.619. The van der Waals surface area contributed by atoms with Crippen LogP contribution in [0.4, 0.5) is 0 Å². The fourth-order valence-corrected chi connectivity index (χ4v) is 3.98. The van der Waals surface area contributed by atoms with Crippen LogP contribution in [0.1, 0.15) is 37.7 Å². The number of hydrogen-bond acceptors (Lipinski definition) is 3. The first kappa shape index (κ1) is 22.9. The number of carbonyl (C=O) groups excluding carboxylic acids is 1. The summed E-state index contributed by atoms with van der Waals surface area (Å²) in [5.74, 6) is 0.902. The van der Waals surface area contributed by atoms with Crippen LogP contribution >= 0.6 is 24.0 Å². The Kier molecular flexibility index (Phi) is 10.0. The minimum Gasteiger partial charge on any atom is -0.352 e. The monoisotopic (exact) mass is 499 g/mol. The first-order valence-electron chi connectivity index (χ1n) is 10.3. The predicted octanol–water partition coefficient (Wildman–Crippen LogP) is 2.45. The summed E-state index contributed by atoms with van der Waals surface area (Å²) < 4.78 is 0. The molecule has 1 aromatic rings. The Balaban J connectivity index is 0.00000280. The van der Waals surface area contributed by atoms with Crippen LogP contribution in [-0.4, -0.2) is 67.5 Å². The van der Waals surface area contributed by atoms with Crippen molar-refractivity contribution in [1.82, 2.24) is 20.4 Å². The van der Waals surface area contributed by atoms with Crippen molar-refractivity contribution in [2.75, 3.05) is 39.8 Å². The van der Waals surface area contributed by atoms with Gasteiger partial charge in [0.1, 0.15) is 0 Å². The van der Waals surface area contributed by atoms with E-state index in [1.807, 2.05) is 0 Å². The van der Waals surface area contributed by atoms with Crippen LogP contribution in [0.2, 0.25) is 0 Å². The maximum Gasteiger partial charge on any atom is 0.239 e. The Bertz CT molecular complexity index is 610. The Morgan fingerprint density at radius 2 is 1.75 bits per heavy atom. The number of carbonyl (C=O) groups is 1. The Labute approximate surface area is 186 Å². The summed E-state index contributed by atoms with van der Waals surface area (Å²) in [7, 11) is 1.79. The number of amides is 1. The first-order valence-corrected chi connectivity index (χ1v) is 10.3. The zero-order valence-electron chi connectivity index (χ0n) is 16.9. The summed E-state index contributed by atoms with van der Waals surface area (Å²) in [6.45, 7) is 5.15. The summed E-state index contributed by atoms with van der Waals surface area (Å²) in [5.41, 5.74) is 1.35. The van der Waals surface area contributed by atoms with Gasteiger partial charge in [-0.25, -0.2) is 0 Å². The van der Waals surface area contributed by atoms with E-state index in [-0.39, 0.29) is 29.9 Å². The van der Waals surface area contributed by atoms with Crippen molar-refractivity contribution in [1.29, 1.82) is 0 Å². The molecule has 0 atom stereocenters. The molecule has 0 radical (unpaired) electrons. The summed E-state index contributed by atoms with van der Waals surface area (Å²) in [5, 5.41) is 6.39. The van der Waals surface area contributed by atoms with Gasteiger partial charge in [-0.2, -0.15) is 0 Å². The van der Waals surface area contributed by atoms with Crippen molar-refractivity contribution in [2.45, 2.75) is 44.7 Å². The molecule has 0 aromatic heterocycles. The molecule has 1 saturated heterocycles. The molecule has 1 aromatic carbocycles. The molecule has 1 amide bonds. The van der Waals surface area contributed by atoms with Crippen LogP contribution in [0, 0.1) is 0 Å². The van der Waals surface area contributed by atoms with Crippen molar-refractivity contribution in [3.8, 4) is 0 Å². The Morgan fingerprint density at radius 1 is 1.07 bits per heavy atom. The van der Waals surface area contributed by atoms with E-state index in [1.165, 1.54) is 24.8 Å². The maximum absolute atomic E-state index is 12.2. The smallest absolute Gasteiger partial charge is 0.239 e. The number of aliphatic imine (C=N–C) groups is 1. The molecule has 2 N–H and O–H groups in total. The Morgan fingerprint density at radius 3 is 2.39 bits per heavy atom. The number of piperazine rings is 1. The van der Waals surface area contributed by atoms with Crippen LogP contribution < -0.4 is 10.6 Å². The number of hydrogen-bond donors (Lipinski definition) is 2. The van der Waals surface area contributed by atoms with Crippen molar-refractivity contribution < 1.29 is 4.79 Å². The lowest BCUT2D eigenvalue weighted by Gasteiger charge is -2.36. The molecule has 156 valence electrons. The second kappa shape index (κ2) is 12.3. The zero-order valence-corrected chi connectivity index (χ0v) is 19.2. The van der Waals surface area contributed by atoms with Crippen LogP contribution in [-0.2, 0) is 11.3 Å². The predicted molar refractivity (Wildman–Crippen MR) is 125 cm³/mol. The molecule has 6 nitrogen and oxygen atoms in total. The van der Waals surface area contributed by atoms with E-state index in [9.17, 15) is 4.79 Å². The molecule has 0 spiro atoms. The zero-order chi connectivity index (χ0) is 18.9. The average molecular weight is 499 g/mol. The normalized spacial score (nSPS) is 19.0. The minimum absolute atomic E-state index is 0. The minimum atomic E-state index is 0. The van der Waals surface area contributed by atoms with Crippen molar-refractivity contribution in [2.24, 2.45) is 4.99 Å². The molecule has 0 bridgehead atoms. The standard InChI is InChI=1S/C21H33N5O.HI/c1-22-21(23-16-20(27)24-19-10-6-3-7-11-19)26-14-12-25(13-15-26)17-18-8-4-2-5-9-18;/h2,4-5,8-9,19H,3,6-7,10-17H2,1H3,(H,22,23)(H,24,27);1H.